The molecule has 0 rings (SSSR count). The molecule has 0 fully saturated rings. The molecule has 0 aliphatic heterocycles. The van der Waals surface area contributed by atoms with Crippen LogP contribution in [0.15, 0.2) is 36.5 Å². The highest BCUT2D eigenvalue weighted by Crippen LogP contribution is 2.43. The summed E-state index contributed by atoms with van der Waals surface area (Å²) in [7, 11) is 1.55. The monoisotopic (exact) mass is 812 g/mol. The lowest BCUT2D eigenvalue weighted by Crippen LogP contribution is -2.45. The Labute approximate surface area is 347 Å². The van der Waals surface area contributed by atoms with Crippen molar-refractivity contribution in [2.24, 2.45) is 0 Å². The summed E-state index contributed by atoms with van der Waals surface area (Å²) in [5.41, 5.74) is 0. The number of nitrogens with one attached hydrogen (secondary N) is 1. The Hall–Kier alpha value is -1.28. The Balaban J connectivity index is 4.30. The van der Waals surface area contributed by atoms with Crippen LogP contribution in [0.5, 0.6) is 0 Å². The molecule has 8 nitrogen and oxygen atoms in total. The molecule has 0 saturated heterocycles. The van der Waals surface area contributed by atoms with Crippen LogP contribution >= 0.6 is 7.82 Å². The molecule has 0 aromatic rings. The van der Waals surface area contributed by atoms with Crippen LogP contribution in [0.1, 0.15) is 206 Å². The Morgan fingerprint density at radius 3 is 1.48 bits per heavy atom. The number of carbonyl (C=O) groups excluding carboxylic acids is 1. The van der Waals surface area contributed by atoms with Gasteiger partial charge in [0, 0.05) is 6.42 Å². The van der Waals surface area contributed by atoms with Gasteiger partial charge in [-0.2, -0.15) is 0 Å². The first-order chi connectivity index (χ1) is 27.0. The van der Waals surface area contributed by atoms with Gasteiger partial charge < -0.3 is 19.8 Å². The van der Waals surface area contributed by atoms with Gasteiger partial charge in [-0.1, -0.05) is 185 Å². The lowest BCUT2D eigenvalue weighted by molar-refractivity contribution is -0.870. The van der Waals surface area contributed by atoms with Gasteiger partial charge in [-0.3, -0.25) is 13.8 Å². The highest BCUT2D eigenvalue weighted by Gasteiger charge is 2.27. The van der Waals surface area contributed by atoms with Crippen molar-refractivity contribution in [2.75, 3.05) is 40.9 Å². The number of likely N-dealkylation sites (N-methyl/N-ethyl adjacent to an activating group) is 1. The summed E-state index contributed by atoms with van der Waals surface area (Å²) >= 11 is 0. The van der Waals surface area contributed by atoms with E-state index in [1.807, 2.05) is 27.2 Å². The first kappa shape index (κ1) is 54.7. The zero-order chi connectivity index (χ0) is 41.4. The largest absolute Gasteiger partial charge is 0.472 e. The standard InChI is InChI=1S/C47H91N2O6P/c1-6-8-10-12-14-16-18-19-20-21-22-23-24-25-26-27-28-29-30-31-32-34-36-38-40-46(50)45(44-55-56(52,53)54-43-42-49(3,4)5)48-47(51)41-39-37-35-33-17-15-13-11-9-7-2/h13,15,31-32,38,40,45-46,50H,6-12,14,16-30,33-37,39,41-44H2,1-5H3,(H-,48,51,52,53)/p+1/b15-13-,32-31+,40-38+. The summed E-state index contributed by atoms with van der Waals surface area (Å²) in [6, 6.07) is -0.866. The van der Waals surface area contributed by atoms with E-state index in [9.17, 15) is 19.4 Å². The predicted octanol–water partition coefficient (Wildman–Crippen LogP) is 13.1. The summed E-state index contributed by atoms with van der Waals surface area (Å²) in [5, 5.41) is 13.8. The number of nitrogens with zero attached hydrogens (tertiary/aromatic N) is 1. The molecule has 3 N–H and O–H groups in total. The molecule has 0 spiro atoms. The molecule has 9 heteroatoms. The van der Waals surface area contributed by atoms with Crippen molar-refractivity contribution in [3.05, 3.63) is 36.5 Å². The molecule has 1 amide bonds. The molecule has 0 bridgehead atoms. The van der Waals surface area contributed by atoms with E-state index in [4.69, 9.17) is 9.05 Å². The zero-order valence-electron chi connectivity index (χ0n) is 37.4. The topological polar surface area (TPSA) is 105 Å². The fourth-order valence-electron chi connectivity index (χ4n) is 6.57. The van der Waals surface area contributed by atoms with Crippen LogP contribution in [0, 0.1) is 0 Å². The maximum absolute atomic E-state index is 12.8. The van der Waals surface area contributed by atoms with Gasteiger partial charge in [0.15, 0.2) is 0 Å². The van der Waals surface area contributed by atoms with Crippen molar-refractivity contribution >= 4 is 13.7 Å². The Bertz CT molecular complexity index is 1010. The van der Waals surface area contributed by atoms with Gasteiger partial charge in [-0.15, -0.1) is 0 Å². The van der Waals surface area contributed by atoms with Crippen LogP contribution in [0.25, 0.3) is 0 Å². The maximum atomic E-state index is 12.8. The third kappa shape index (κ3) is 40.9. The molecular weight excluding hydrogens is 719 g/mol. The second kappa shape index (κ2) is 39.2. The molecule has 0 aliphatic rings. The molecule has 3 atom stereocenters. The van der Waals surface area contributed by atoms with E-state index >= 15 is 0 Å². The number of carbonyl (C=O) groups is 1. The van der Waals surface area contributed by atoms with Gasteiger partial charge in [0.05, 0.1) is 39.9 Å². The number of quaternary nitrogens is 1. The SMILES string of the molecule is CCCC/C=C\CCCCCCC(=O)NC(COP(=O)(O)OCC[N+](C)(C)C)C(O)/C=C/CC/C=C/CCCCCCCCCCCCCCCCCCCC. The third-order valence-corrected chi connectivity index (χ3v) is 11.3. The molecule has 0 aromatic carbocycles. The molecule has 0 radical (unpaired) electrons. The first-order valence-electron chi connectivity index (χ1n) is 23.4. The number of unbranched alkanes of at least 4 members (excludes halogenated alkanes) is 25. The lowest BCUT2D eigenvalue weighted by atomic mass is 10.0. The van der Waals surface area contributed by atoms with Crippen molar-refractivity contribution < 1.29 is 32.9 Å². The normalized spacial score (nSPS) is 14.6. The lowest BCUT2D eigenvalue weighted by Gasteiger charge is -2.25. The molecule has 0 aliphatic carbocycles. The van der Waals surface area contributed by atoms with E-state index in [2.05, 4.69) is 43.5 Å². The summed E-state index contributed by atoms with van der Waals surface area (Å²) in [4.78, 5) is 23.0. The number of hydrogen-bond acceptors (Lipinski definition) is 5. The van der Waals surface area contributed by atoms with Gasteiger partial charge >= 0.3 is 7.82 Å². The molecule has 330 valence electrons. The number of aliphatic hydroxyl groups excluding tert-OH is 1. The van der Waals surface area contributed by atoms with E-state index in [1.54, 1.807) is 6.08 Å². The Morgan fingerprint density at radius 2 is 1.00 bits per heavy atom. The van der Waals surface area contributed by atoms with Crippen molar-refractivity contribution in [1.29, 1.82) is 0 Å². The Kier molecular flexibility index (Phi) is 38.3. The quantitative estimate of drug-likeness (QED) is 0.0245. The first-order valence-corrected chi connectivity index (χ1v) is 24.9. The minimum Gasteiger partial charge on any atom is -0.387 e. The second-order valence-corrected chi connectivity index (χ2v) is 18.6. The summed E-state index contributed by atoms with van der Waals surface area (Å²) in [6.07, 6.45) is 48.1. The van der Waals surface area contributed by atoms with Crippen LogP contribution in [-0.2, 0) is 18.4 Å². The van der Waals surface area contributed by atoms with Crippen molar-refractivity contribution in [3.8, 4) is 0 Å². The predicted molar refractivity (Wildman–Crippen MR) is 240 cm³/mol. The Morgan fingerprint density at radius 1 is 0.589 bits per heavy atom. The van der Waals surface area contributed by atoms with Crippen LogP contribution in [-0.4, -0.2) is 73.4 Å². The second-order valence-electron chi connectivity index (χ2n) is 17.1. The van der Waals surface area contributed by atoms with Crippen molar-refractivity contribution in [1.82, 2.24) is 5.32 Å². The molecule has 0 aromatic heterocycles. The van der Waals surface area contributed by atoms with Gasteiger partial charge in [0.2, 0.25) is 5.91 Å². The zero-order valence-corrected chi connectivity index (χ0v) is 38.3. The number of allylic oxidation sites excluding steroid dienone is 5. The number of aliphatic hydroxyl groups is 1. The smallest absolute Gasteiger partial charge is 0.387 e. The van der Waals surface area contributed by atoms with Gasteiger partial charge in [-0.05, 0) is 51.4 Å². The van der Waals surface area contributed by atoms with Gasteiger partial charge in [-0.25, -0.2) is 4.57 Å². The summed E-state index contributed by atoms with van der Waals surface area (Å²) in [5.74, 6) is -0.202. The molecule has 3 unspecified atom stereocenters. The van der Waals surface area contributed by atoms with Gasteiger partial charge in [0.25, 0.3) is 0 Å². The average Bonchev–Trinajstić information content (AvgIpc) is 3.15. The molecule has 0 heterocycles. The number of phosphoric ester groups is 1. The fourth-order valence-corrected chi connectivity index (χ4v) is 7.30. The number of amides is 1. The van der Waals surface area contributed by atoms with E-state index in [0.29, 0.717) is 17.4 Å². The number of rotatable bonds is 42. The summed E-state index contributed by atoms with van der Waals surface area (Å²) in [6.45, 7) is 4.74. The van der Waals surface area contributed by atoms with Crippen LogP contribution in [0.3, 0.4) is 0 Å². The van der Waals surface area contributed by atoms with E-state index in [1.165, 1.54) is 128 Å². The number of phosphoric acid groups is 1. The fraction of sp³-hybridized carbons (Fsp3) is 0.851. The minimum atomic E-state index is -4.34. The van der Waals surface area contributed by atoms with E-state index in [-0.39, 0.29) is 19.1 Å². The van der Waals surface area contributed by atoms with Gasteiger partial charge in [0.1, 0.15) is 13.2 Å². The van der Waals surface area contributed by atoms with Crippen LogP contribution in [0.4, 0.5) is 0 Å². The van der Waals surface area contributed by atoms with Crippen LogP contribution < -0.4 is 5.32 Å². The highest BCUT2D eigenvalue weighted by atomic mass is 31.2. The van der Waals surface area contributed by atoms with Crippen molar-refractivity contribution in [2.45, 2.75) is 219 Å². The molecular formula is C47H92N2O6P+. The maximum Gasteiger partial charge on any atom is 0.472 e. The van der Waals surface area contributed by atoms with Crippen LogP contribution in [0.2, 0.25) is 0 Å². The molecule has 56 heavy (non-hydrogen) atoms. The van der Waals surface area contributed by atoms with E-state index < -0.39 is 20.0 Å². The summed E-state index contributed by atoms with van der Waals surface area (Å²) < 4.78 is 23.5. The van der Waals surface area contributed by atoms with E-state index in [0.717, 1.165) is 57.8 Å². The average molecular weight is 812 g/mol. The minimum absolute atomic E-state index is 0.0539. The van der Waals surface area contributed by atoms with Crippen molar-refractivity contribution in [3.63, 3.8) is 0 Å². The molecule has 0 saturated carbocycles. The highest BCUT2D eigenvalue weighted by molar-refractivity contribution is 7.47. The third-order valence-electron chi connectivity index (χ3n) is 10.3. The number of hydrogen-bond donors (Lipinski definition) is 3.